The van der Waals surface area contributed by atoms with Crippen LogP contribution in [0, 0.1) is 0 Å². The van der Waals surface area contributed by atoms with Gasteiger partial charge in [-0.05, 0) is 40.0 Å². The van der Waals surface area contributed by atoms with Crippen LogP contribution in [0.2, 0.25) is 0 Å². The van der Waals surface area contributed by atoms with E-state index in [4.69, 9.17) is 9.90 Å². The van der Waals surface area contributed by atoms with E-state index in [1.165, 1.54) is 0 Å². The molecule has 0 aliphatic carbocycles. The van der Waals surface area contributed by atoms with E-state index < -0.39 is 12.1 Å². The van der Waals surface area contributed by atoms with Gasteiger partial charge in [-0.3, -0.25) is 19.1 Å². The summed E-state index contributed by atoms with van der Waals surface area (Å²) >= 11 is 3.43. The molecule has 0 fully saturated rings. The number of carbonyl (C=O) groups is 2. The first-order valence-electron chi connectivity index (χ1n) is 11.7. The first-order chi connectivity index (χ1) is 18.0. The van der Waals surface area contributed by atoms with Crippen LogP contribution >= 0.6 is 15.9 Å². The van der Waals surface area contributed by atoms with Crippen LogP contribution in [0.25, 0.3) is 5.78 Å². The smallest absolute Gasteiger partial charge is 0.475 e. The lowest BCUT2D eigenvalue weighted by atomic mass is 10.2. The minimum absolute atomic E-state index is 0.107. The highest BCUT2D eigenvalue weighted by molar-refractivity contribution is 9.18. The number of aliphatic imine (C=N–C) groups is 1. The van der Waals surface area contributed by atoms with Crippen molar-refractivity contribution < 1.29 is 27.9 Å². The molecule has 2 N–H and O–H groups in total. The summed E-state index contributed by atoms with van der Waals surface area (Å²) in [6.45, 7) is 3.30. The number of fused-ring (bicyclic) bond motifs is 2. The highest BCUT2D eigenvalue weighted by atomic mass is 79.9. The zero-order chi connectivity index (χ0) is 27.9. The maximum atomic E-state index is 13.2. The van der Waals surface area contributed by atoms with Gasteiger partial charge in [0.1, 0.15) is 11.6 Å². The van der Waals surface area contributed by atoms with Gasteiger partial charge in [-0.2, -0.15) is 13.2 Å². The molecule has 4 heterocycles. The summed E-state index contributed by atoms with van der Waals surface area (Å²) < 4.78 is 36.0. The van der Waals surface area contributed by atoms with E-state index in [1.807, 2.05) is 16.7 Å². The highest BCUT2D eigenvalue weighted by Gasteiger charge is 2.38. The number of halogens is 4. The van der Waals surface area contributed by atoms with Crippen molar-refractivity contribution in [3.05, 3.63) is 51.8 Å². The van der Waals surface area contributed by atoms with E-state index >= 15 is 0 Å². The van der Waals surface area contributed by atoms with Gasteiger partial charge < -0.3 is 10.4 Å². The van der Waals surface area contributed by atoms with Crippen LogP contribution in [0.5, 0.6) is 0 Å². The van der Waals surface area contributed by atoms with E-state index in [-0.39, 0.29) is 17.9 Å². The Morgan fingerprint density at radius 1 is 1.18 bits per heavy atom. The van der Waals surface area contributed by atoms with E-state index in [0.29, 0.717) is 48.9 Å². The summed E-state index contributed by atoms with van der Waals surface area (Å²) in [6, 6.07) is 3.71. The number of alkyl halides is 3. The maximum Gasteiger partial charge on any atom is 0.490 e. The standard InChI is InChI=1S/C21H24BrN7O2.C2HF3O2/c1-2-3-4-11-28-19-15(12-16(22)25-19)20(31)29-17(26-27-21(28)29)5-6-18(30)24-13-14-7-9-23-10-8-14;3-2(4,5)1(6)7/h7-10H,2-6,11-13H2,1H3,(H,24,30);(H,6,7). The topological polar surface area (TPSA) is 144 Å². The fourth-order valence-electron chi connectivity index (χ4n) is 3.66. The van der Waals surface area contributed by atoms with E-state index in [1.54, 1.807) is 16.8 Å². The Bertz CT molecular complexity index is 1390. The monoisotopic (exact) mass is 599 g/mol. The Kier molecular flexibility index (Phi) is 9.72. The third-order valence-electron chi connectivity index (χ3n) is 5.53. The van der Waals surface area contributed by atoms with Crippen LogP contribution in [0.3, 0.4) is 0 Å². The Morgan fingerprint density at radius 3 is 2.50 bits per heavy atom. The number of unbranched alkanes of at least 4 members (excludes halogenated alkanes) is 2. The van der Waals surface area contributed by atoms with Crippen LogP contribution in [0.15, 0.2) is 34.3 Å². The number of hydrogen-bond donors (Lipinski definition) is 2. The van der Waals surface area contributed by atoms with Gasteiger partial charge in [-0.15, -0.1) is 10.2 Å². The molecule has 1 amide bonds. The fourth-order valence-corrected chi connectivity index (χ4v) is 4.11. The summed E-state index contributed by atoms with van der Waals surface area (Å²) in [6.07, 6.45) is 2.45. The molecule has 0 atom stereocenters. The third kappa shape index (κ3) is 7.24. The van der Waals surface area contributed by atoms with Gasteiger partial charge in [-0.1, -0.05) is 19.8 Å². The zero-order valence-corrected chi connectivity index (χ0v) is 21.9. The molecule has 11 nitrogen and oxygen atoms in total. The molecule has 0 saturated heterocycles. The maximum absolute atomic E-state index is 13.2. The molecular weight excluding hydrogens is 575 g/mol. The zero-order valence-electron chi connectivity index (χ0n) is 20.3. The van der Waals surface area contributed by atoms with Crippen LogP contribution in [0.4, 0.5) is 19.0 Å². The number of pyridine rings is 1. The lowest BCUT2D eigenvalue weighted by Gasteiger charge is -2.12. The highest BCUT2D eigenvalue weighted by Crippen LogP contribution is 2.28. The van der Waals surface area contributed by atoms with Gasteiger partial charge in [0, 0.05) is 44.7 Å². The molecule has 0 aromatic carbocycles. The lowest BCUT2D eigenvalue weighted by molar-refractivity contribution is -0.192. The van der Waals surface area contributed by atoms with Crippen LogP contribution in [-0.4, -0.2) is 51.9 Å². The van der Waals surface area contributed by atoms with Crippen molar-refractivity contribution in [2.75, 3.05) is 0 Å². The minimum atomic E-state index is -5.08. The Morgan fingerprint density at radius 2 is 1.87 bits per heavy atom. The second-order valence-electron chi connectivity index (χ2n) is 8.32. The number of nitrogens with zero attached hydrogens (tertiary/aromatic N) is 6. The normalized spacial score (nSPS) is 12.5. The Balaban J connectivity index is 0.000000505. The predicted molar refractivity (Wildman–Crippen MR) is 135 cm³/mol. The van der Waals surface area contributed by atoms with Crippen molar-refractivity contribution in [1.82, 2.24) is 29.5 Å². The SMILES string of the molecule is CCCCCn1c2c(c(=O)n3c(CCC(=O)NCc4ccncc4)nnc13)CC(Br)=N2.O=C(O)C(F)(F)F. The number of aliphatic carboxylic acids is 1. The first-order valence-corrected chi connectivity index (χ1v) is 12.5. The van der Waals surface area contributed by atoms with Crippen LogP contribution < -0.4 is 10.9 Å². The predicted octanol–water partition coefficient (Wildman–Crippen LogP) is 3.34. The number of carboxylic acid groups (broad SMARTS) is 1. The number of aromatic nitrogens is 5. The van der Waals surface area contributed by atoms with Gasteiger partial charge in [0.15, 0.2) is 0 Å². The Labute approximate surface area is 222 Å². The molecule has 0 unspecified atom stereocenters. The van der Waals surface area contributed by atoms with Gasteiger partial charge >= 0.3 is 12.1 Å². The van der Waals surface area contributed by atoms with Gasteiger partial charge in [0.05, 0.1) is 10.2 Å². The molecule has 0 bridgehead atoms. The number of carbonyl (C=O) groups excluding carboxylic acids is 1. The number of nitrogens with one attached hydrogen (secondary N) is 1. The average Bonchev–Trinajstić information content (AvgIpc) is 3.48. The van der Waals surface area contributed by atoms with Crippen molar-refractivity contribution in [2.24, 2.45) is 4.99 Å². The molecular formula is C23H25BrF3N7O4. The second kappa shape index (κ2) is 12.8. The van der Waals surface area contributed by atoms with Crippen molar-refractivity contribution in [1.29, 1.82) is 0 Å². The largest absolute Gasteiger partial charge is 0.490 e. The van der Waals surface area contributed by atoms with E-state index in [9.17, 15) is 22.8 Å². The molecule has 0 radical (unpaired) electrons. The molecule has 204 valence electrons. The summed E-state index contributed by atoms with van der Waals surface area (Å²) in [5.74, 6) is -1.22. The number of carboxylic acids is 1. The van der Waals surface area contributed by atoms with Gasteiger partial charge in [0.25, 0.3) is 5.56 Å². The molecule has 0 saturated carbocycles. The van der Waals surface area contributed by atoms with Crippen molar-refractivity contribution in [3.8, 4) is 0 Å². The molecule has 15 heteroatoms. The number of aryl methyl sites for hydroxylation is 2. The van der Waals surface area contributed by atoms with E-state index in [2.05, 4.69) is 48.3 Å². The summed E-state index contributed by atoms with van der Waals surface area (Å²) in [4.78, 5) is 42.9. The lowest BCUT2D eigenvalue weighted by Crippen LogP contribution is -2.26. The fraction of sp³-hybridized carbons (Fsp3) is 0.435. The molecule has 3 aromatic heterocycles. The average molecular weight is 600 g/mol. The Hall–Kier alpha value is -3.62. The molecule has 3 aromatic rings. The molecule has 1 aliphatic heterocycles. The molecule has 1 aliphatic rings. The number of rotatable bonds is 9. The van der Waals surface area contributed by atoms with Crippen molar-refractivity contribution in [2.45, 2.75) is 64.7 Å². The van der Waals surface area contributed by atoms with Gasteiger partial charge in [-0.25, -0.2) is 14.2 Å². The minimum Gasteiger partial charge on any atom is -0.475 e. The number of amides is 1. The van der Waals surface area contributed by atoms with Crippen molar-refractivity contribution in [3.63, 3.8) is 0 Å². The quantitative estimate of drug-likeness (QED) is 0.359. The van der Waals surface area contributed by atoms with Crippen molar-refractivity contribution >= 4 is 44.0 Å². The molecule has 0 spiro atoms. The molecule has 4 rings (SSSR count). The summed E-state index contributed by atoms with van der Waals surface area (Å²) in [5, 5.41) is 18.5. The molecule has 38 heavy (non-hydrogen) atoms. The van der Waals surface area contributed by atoms with E-state index in [0.717, 1.165) is 29.4 Å². The second-order valence-corrected chi connectivity index (χ2v) is 9.23. The first kappa shape index (κ1) is 28.9. The van der Waals surface area contributed by atoms with Gasteiger partial charge in [0.2, 0.25) is 11.7 Å². The van der Waals surface area contributed by atoms with Crippen LogP contribution in [0.1, 0.15) is 49.6 Å². The summed E-state index contributed by atoms with van der Waals surface area (Å²) in [5.41, 5.74) is 1.46. The van der Waals surface area contributed by atoms with Crippen LogP contribution in [-0.2, 0) is 35.5 Å². The number of hydrogen-bond acceptors (Lipinski definition) is 7. The third-order valence-corrected chi connectivity index (χ3v) is 5.99. The summed E-state index contributed by atoms with van der Waals surface area (Å²) in [7, 11) is 0.